The summed E-state index contributed by atoms with van der Waals surface area (Å²) in [5.41, 5.74) is 8.88. The van der Waals surface area contributed by atoms with Gasteiger partial charge in [-0.1, -0.05) is 86.2 Å². The third-order valence-corrected chi connectivity index (χ3v) is 7.78. The van der Waals surface area contributed by atoms with Gasteiger partial charge in [-0.3, -0.25) is 9.69 Å². The lowest BCUT2D eigenvalue weighted by molar-refractivity contribution is -0.136. The normalized spacial score (nSPS) is 17.1. The number of carboxylic acid groups (broad SMARTS) is 1. The van der Waals surface area contributed by atoms with Crippen LogP contribution in [-0.2, 0) is 24.2 Å². The van der Waals surface area contributed by atoms with Gasteiger partial charge < -0.3 is 9.84 Å². The Kier molecular flexibility index (Phi) is 7.76. The molecule has 37 heavy (non-hydrogen) atoms. The van der Waals surface area contributed by atoms with E-state index in [9.17, 15) is 9.90 Å². The van der Waals surface area contributed by atoms with Crippen molar-refractivity contribution in [2.45, 2.75) is 57.9 Å². The molecule has 0 spiro atoms. The van der Waals surface area contributed by atoms with Crippen LogP contribution in [0.2, 0.25) is 0 Å². The Bertz CT molecular complexity index is 1280. The Labute approximate surface area is 220 Å². The summed E-state index contributed by atoms with van der Waals surface area (Å²) < 4.78 is 5.72. The fourth-order valence-electron chi connectivity index (χ4n) is 5.85. The molecule has 0 aromatic heterocycles. The summed E-state index contributed by atoms with van der Waals surface area (Å²) in [7, 11) is 0. The van der Waals surface area contributed by atoms with E-state index in [0.717, 1.165) is 56.8 Å². The maximum Gasteiger partial charge on any atom is 0.307 e. The summed E-state index contributed by atoms with van der Waals surface area (Å²) in [5.74, 6) is 1.14. The van der Waals surface area contributed by atoms with E-state index >= 15 is 0 Å². The molecule has 1 heterocycles. The highest BCUT2D eigenvalue weighted by molar-refractivity contribution is 5.71. The molecule has 0 saturated carbocycles. The van der Waals surface area contributed by atoms with Crippen molar-refractivity contribution in [3.8, 4) is 5.75 Å². The quantitative estimate of drug-likeness (QED) is 0.335. The summed E-state index contributed by atoms with van der Waals surface area (Å²) >= 11 is 0. The zero-order valence-electron chi connectivity index (χ0n) is 22.0. The first-order valence-corrected chi connectivity index (χ1v) is 13.5. The summed E-state index contributed by atoms with van der Waals surface area (Å²) in [6, 6.07) is 23.6. The molecule has 2 aliphatic rings. The number of ether oxygens (including phenoxy) is 1. The molecule has 0 fully saturated rings. The largest absolute Gasteiger partial charge is 0.493 e. The lowest BCUT2D eigenvalue weighted by atomic mass is 9.82. The van der Waals surface area contributed by atoms with Gasteiger partial charge in [0.1, 0.15) is 5.75 Å². The van der Waals surface area contributed by atoms with Gasteiger partial charge in [-0.05, 0) is 64.1 Å². The minimum Gasteiger partial charge on any atom is -0.493 e. The molecule has 1 N–H and O–H groups in total. The Morgan fingerprint density at radius 3 is 2.70 bits per heavy atom. The second-order valence-electron chi connectivity index (χ2n) is 10.8. The fraction of sp³-hybridized carbons (Fsp3) is 0.364. The number of hydrogen-bond donors (Lipinski definition) is 1. The Morgan fingerprint density at radius 1 is 1.08 bits per heavy atom. The first-order chi connectivity index (χ1) is 17.9. The summed E-state index contributed by atoms with van der Waals surface area (Å²) in [5, 5.41) is 9.22. The van der Waals surface area contributed by atoms with Crippen LogP contribution in [0, 0.1) is 0 Å². The second kappa shape index (κ2) is 11.4. The van der Waals surface area contributed by atoms with E-state index in [1.165, 1.54) is 33.4 Å². The molecule has 2 unspecified atom stereocenters. The lowest BCUT2D eigenvalue weighted by Gasteiger charge is -2.29. The molecule has 1 aliphatic carbocycles. The first kappa shape index (κ1) is 25.3. The van der Waals surface area contributed by atoms with Gasteiger partial charge >= 0.3 is 5.97 Å². The predicted molar refractivity (Wildman–Crippen MR) is 149 cm³/mol. The van der Waals surface area contributed by atoms with Gasteiger partial charge in [0.05, 0.1) is 13.0 Å². The zero-order valence-corrected chi connectivity index (χ0v) is 22.0. The van der Waals surface area contributed by atoms with Crippen LogP contribution < -0.4 is 4.74 Å². The van der Waals surface area contributed by atoms with Gasteiger partial charge in [-0.15, -0.1) is 0 Å². The molecule has 0 saturated heterocycles. The maximum absolute atomic E-state index is 11.2. The van der Waals surface area contributed by atoms with Crippen molar-refractivity contribution in [1.29, 1.82) is 0 Å². The van der Waals surface area contributed by atoms with E-state index in [-0.39, 0.29) is 6.42 Å². The highest BCUT2D eigenvalue weighted by atomic mass is 16.5. The Balaban J connectivity index is 1.32. The van der Waals surface area contributed by atoms with Crippen molar-refractivity contribution in [2.75, 3.05) is 19.7 Å². The van der Waals surface area contributed by atoms with Gasteiger partial charge in [0.2, 0.25) is 0 Å². The SMILES string of the molecule is CC(CN(CCC1=Cc2cc(CC(=O)O)ccc2C(C)C1)Cc1ccc2c(c1)CCO2)c1ccccc1. The number of carbonyl (C=O) groups is 1. The van der Waals surface area contributed by atoms with Crippen molar-refractivity contribution in [1.82, 2.24) is 4.90 Å². The van der Waals surface area contributed by atoms with Crippen LogP contribution >= 0.6 is 0 Å². The standard InChI is InChI=1S/C33H37NO3/c1-23-16-26(18-30-17-25(20-33(35)36)8-10-31(23)30)12-14-34(21-24(2)28-6-4-3-5-7-28)22-27-9-11-32-29(19-27)13-15-37-32/h3-11,17-19,23-24H,12-16,20-22H2,1-2H3,(H,35,36). The van der Waals surface area contributed by atoms with Crippen LogP contribution in [0.5, 0.6) is 5.75 Å². The fourth-order valence-corrected chi connectivity index (χ4v) is 5.85. The van der Waals surface area contributed by atoms with Crippen LogP contribution in [0.4, 0.5) is 0 Å². The molecule has 4 heteroatoms. The molecule has 2 atom stereocenters. The summed E-state index contributed by atoms with van der Waals surface area (Å²) in [6.45, 7) is 8.31. The number of hydrogen-bond acceptors (Lipinski definition) is 3. The number of fused-ring (bicyclic) bond motifs is 2. The van der Waals surface area contributed by atoms with E-state index in [0.29, 0.717) is 11.8 Å². The van der Waals surface area contributed by atoms with E-state index in [1.807, 2.05) is 6.07 Å². The third-order valence-electron chi connectivity index (χ3n) is 7.78. The molecule has 5 rings (SSSR count). The number of carboxylic acids is 1. The predicted octanol–water partition coefficient (Wildman–Crippen LogP) is 6.84. The highest BCUT2D eigenvalue weighted by Crippen LogP contribution is 2.35. The molecular weight excluding hydrogens is 458 g/mol. The molecule has 192 valence electrons. The maximum atomic E-state index is 11.2. The highest BCUT2D eigenvalue weighted by Gasteiger charge is 2.20. The number of aliphatic carboxylic acids is 1. The van der Waals surface area contributed by atoms with Crippen molar-refractivity contribution in [2.24, 2.45) is 0 Å². The Morgan fingerprint density at radius 2 is 1.89 bits per heavy atom. The van der Waals surface area contributed by atoms with E-state index in [2.05, 4.69) is 85.5 Å². The first-order valence-electron chi connectivity index (χ1n) is 13.5. The van der Waals surface area contributed by atoms with Crippen LogP contribution in [-0.4, -0.2) is 35.7 Å². The molecule has 1 aliphatic heterocycles. The minimum absolute atomic E-state index is 0.0712. The van der Waals surface area contributed by atoms with Gasteiger partial charge in [-0.2, -0.15) is 0 Å². The van der Waals surface area contributed by atoms with Gasteiger partial charge in [0, 0.05) is 26.1 Å². The van der Waals surface area contributed by atoms with Crippen molar-refractivity contribution in [3.05, 3.63) is 106 Å². The van der Waals surface area contributed by atoms with Crippen LogP contribution in [0.25, 0.3) is 6.08 Å². The average Bonchev–Trinajstić information content (AvgIpc) is 3.35. The van der Waals surface area contributed by atoms with Crippen molar-refractivity contribution < 1.29 is 14.6 Å². The number of nitrogens with zero attached hydrogens (tertiary/aromatic N) is 1. The molecule has 3 aromatic carbocycles. The summed E-state index contributed by atoms with van der Waals surface area (Å²) in [4.78, 5) is 13.8. The summed E-state index contributed by atoms with van der Waals surface area (Å²) in [6.07, 6.45) is 5.46. The number of benzene rings is 3. The van der Waals surface area contributed by atoms with E-state index in [1.54, 1.807) is 0 Å². The van der Waals surface area contributed by atoms with Crippen LogP contribution in [0.1, 0.15) is 71.9 Å². The average molecular weight is 496 g/mol. The van der Waals surface area contributed by atoms with E-state index < -0.39 is 5.97 Å². The smallest absolute Gasteiger partial charge is 0.307 e. The third kappa shape index (κ3) is 6.31. The van der Waals surface area contributed by atoms with Gasteiger partial charge in [0.15, 0.2) is 0 Å². The van der Waals surface area contributed by atoms with Gasteiger partial charge in [0.25, 0.3) is 0 Å². The molecule has 0 amide bonds. The lowest BCUT2D eigenvalue weighted by Crippen LogP contribution is -2.29. The minimum atomic E-state index is -0.783. The molecule has 0 radical (unpaired) electrons. The monoisotopic (exact) mass is 495 g/mol. The van der Waals surface area contributed by atoms with Crippen molar-refractivity contribution in [3.63, 3.8) is 0 Å². The molecule has 0 bridgehead atoms. The van der Waals surface area contributed by atoms with Crippen molar-refractivity contribution >= 4 is 12.0 Å². The second-order valence-corrected chi connectivity index (χ2v) is 10.8. The Hall–Kier alpha value is -3.37. The molecule has 3 aromatic rings. The van der Waals surface area contributed by atoms with Crippen LogP contribution in [0.3, 0.4) is 0 Å². The topological polar surface area (TPSA) is 49.8 Å². The van der Waals surface area contributed by atoms with Gasteiger partial charge in [-0.25, -0.2) is 0 Å². The van der Waals surface area contributed by atoms with E-state index in [4.69, 9.17) is 4.74 Å². The zero-order chi connectivity index (χ0) is 25.8. The van der Waals surface area contributed by atoms with Crippen LogP contribution in [0.15, 0.2) is 72.3 Å². The molecule has 4 nitrogen and oxygen atoms in total. The molecular formula is C33H37NO3. The number of rotatable bonds is 10.